The van der Waals surface area contributed by atoms with Crippen LogP contribution in [0.1, 0.15) is 13.3 Å². The number of rotatable bonds is 6. The van der Waals surface area contributed by atoms with Crippen LogP contribution in [0.4, 0.5) is 5.69 Å². The normalized spacial score (nSPS) is 14.6. The Morgan fingerprint density at radius 1 is 1.03 bits per heavy atom. The van der Waals surface area contributed by atoms with Crippen molar-refractivity contribution in [3.63, 3.8) is 0 Å². The highest BCUT2D eigenvalue weighted by atomic mass is 35.5. The minimum atomic E-state index is -3.68. The zero-order chi connectivity index (χ0) is 19.6. The van der Waals surface area contributed by atoms with Crippen molar-refractivity contribution in [3.8, 4) is 5.75 Å². The molecule has 2 heterocycles. The fourth-order valence-electron chi connectivity index (χ4n) is 3.56. The number of aromatic nitrogens is 1. The molecule has 0 spiro atoms. The van der Waals surface area contributed by atoms with Gasteiger partial charge in [0.15, 0.2) is 0 Å². The Kier molecular flexibility index (Phi) is 6.72. The van der Waals surface area contributed by atoms with Gasteiger partial charge in [-0.05, 0) is 48.9 Å². The summed E-state index contributed by atoms with van der Waals surface area (Å²) in [4.78, 5) is 2.55. The number of fused-ring (bicyclic) bond motifs is 1. The zero-order valence-electron chi connectivity index (χ0n) is 16.4. The molecule has 0 unspecified atom stereocenters. The summed E-state index contributed by atoms with van der Waals surface area (Å²) in [6.45, 7) is 6.34. The van der Waals surface area contributed by atoms with Crippen molar-refractivity contribution in [2.75, 3.05) is 37.7 Å². The van der Waals surface area contributed by atoms with Crippen molar-refractivity contribution in [1.29, 1.82) is 0 Å². The molecular weight excluding hydrogens is 410 g/mol. The van der Waals surface area contributed by atoms with Gasteiger partial charge in [-0.1, -0.05) is 13.0 Å². The van der Waals surface area contributed by atoms with Crippen LogP contribution in [0.2, 0.25) is 0 Å². The molecule has 0 aliphatic carbocycles. The molecule has 2 aromatic carbocycles. The first-order valence-electron chi connectivity index (χ1n) is 9.65. The molecule has 1 aromatic heterocycles. The number of hydrogen-bond donors (Lipinski definition) is 1. The summed E-state index contributed by atoms with van der Waals surface area (Å²) in [5.74, 6) is 0.680. The molecule has 8 heteroatoms. The largest absolute Gasteiger partial charge is 0.494 e. The Balaban J connectivity index is 0.00000240. The van der Waals surface area contributed by atoms with Crippen LogP contribution in [0.15, 0.2) is 59.6 Å². The molecule has 0 amide bonds. The fraction of sp³-hybridized carbons (Fsp3) is 0.333. The third-order valence-corrected chi connectivity index (χ3v) is 6.69. The van der Waals surface area contributed by atoms with Crippen molar-refractivity contribution in [3.05, 3.63) is 54.7 Å². The number of nitrogens with one attached hydrogen (secondary N) is 1. The van der Waals surface area contributed by atoms with Gasteiger partial charge >= 0.3 is 0 Å². The Labute approximate surface area is 177 Å². The Morgan fingerprint density at radius 2 is 1.76 bits per heavy atom. The number of halogens is 1. The maximum Gasteiger partial charge on any atom is 0.268 e. The lowest BCUT2D eigenvalue weighted by Crippen LogP contribution is -2.43. The van der Waals surface area contributed by atoms with Gasteiger partial charge in [0.05, 0.1) is 17.0 Å². The van der Waals surface area contributed by atoms with E-state index in [4.69, 9.17) is 4.74 Å². The highest BCUT2D eigenvalue weighted by Gasteiger charge is 2.21. The minimum Gasteiger partial charge on any atom is -0.494 e. The molecule has 1 aliphatic heterocycles. The first-order chi connectivity index (χ1) is 13.6. The van der Waals surface area contributed by atoms with E-state index < -0.39 is 10.0 Å². The van der Waals surface area contributed by atoms with Crippen molar-refractivity contribution < 1.29 is 13.2 Å². The summed E-state index contributed by atoms with van der Waals surface area (Å²) in [7, 11) is -3.68. The van der Waals surface area contributed by atoms with E-state index in [9.17, 15) is 8.42 Å². The van der Waals surface area contributed by atoms with Gasteiger partial charge in [0, 0.05) is 43.4 Å². The number of piperazine rings is 1. The lowest BCUT2D eigenvalue weighted by atomic mass is 10.2. The van der Waals surface area contributed by atoms with Crippen LogP contribution in [0, 0.1) is 0 Å². The smallest absolute Gasteiger partial charge is 0.268 e. The van der Waals surface area contributed by atoms with Gasteiger partial charge in [-0.15, -0.1) is 12.4 Å². The summed E-state index contributed by atoms with van der Waals surface area (Å²) in [6, 6.07) is 14.4. The van der Waals surface area contributed by atoms with E-state index in [-0.39, 0.29) is 17.3 Å². The van der Waals surface area contributed by atoms with Crippen molar-refractivity contribution in [1.82, 2.24) is 9.29 Å². The number of ether oxygens (including phenoxy) is 1. The van der Waals surface area contributed by atoms with Crippen molar-refractivity contribution in [2.45, 2.75) is 18.2 Å². The molecule has 29 heavy (non-hydrogen) atoms. The van der Waals surface area contributed by atoms with Gasteiger partial charge in [0.2, 0.25) is 0 Å². The topological polar surface area (TPSA) is 63.6 Å². The molecule has 6 nitrogen and oxygen atoms in total. The number of benzene rings is 2. The van der Waals surface area contributed by atoms with Gasteiger partial charge in [-0.2, -0.15) is 0 Å². The summed E-state index contributed by atoms with van der Waals surface area (Å²) in [5.41, 5.74) is 1.78. The third kappa shape index (κ3) is 4.22. The third-order valence-electron chi connectivity index (χ3n) is 4.99. The predicted octanol–water partition coefficient (Wildman–Crippen LogP) is 3.50. The molecule has 3 aromatic rings. The van der Waals surface area contributed by atoms with Crippen LogP contribution in [0.25, 0.3) is 10.9 Å². The average Bonchev–Trinajstić information content (AvgIpc) is 3.18. The molecule has 0 atom stereocenters. The first kappa shape index (κ1) is 21.5. The molecule has 156 valence electrons. The van der Waals surface area contributed by atoms with Gasteiger partial charge in [0.1, 0.15) is 5.75 Å². The van der Waals surface area contributed by atoms with Crippen molar-refractivity contribution in [2.24, 2.45) is 0 Å². The number of hydrogen-bond acceptors (Lipinski definition) is 5. The maximum atomic E-state index is 13.2. The van der Waals surface area contributed by atoms with E-state index >= 15 is 0 Å². The molecule has 0 bridgehead atoms. The van der Waals surface area contributed by atoms with E-state index in [1.165, 1.54) is 3.97 Å². The lowest BCUT2D eigenvalue weighted by molar-refractivity contribution is 0.317. The van der Waals surface area contributed by atoms with E-state index in [0.717, 1.165) is 43.7 Å². The fourth-order valence-corrected chi connectivity index (χ4v) is 4.91. The first-order valence-corrected chi connectivity index (χ1v) is 11.1. The van der Waals surface area contributed by atoms with E-state index in [0.29, 0.717) is 17.9 Å². The van der Waals surface area contributed by atoms with Gasteiger partial charge in [-0.3, -0.25) is 0 Å². The van der Waals surface area contributed by atoms with Crippen LogP contribution in [-0.2, 0) is 10.0 Å². The highest BCUT2D eigenvalue weighted by Crippen LogP contribution is 2.30. The molecule has 1 fully saturated rings. The highest BCUT2D eigenvalue weighted by molar-refractivity contribution is 7.90. The Hall–Kier alpha value is -2.22. The van der Waals surface area contributed by atoms with Gasteiger partial charge in [-0.25, -0.2) is 12.4 Å². The molecule has 1 aliphatic rings. The molecule has 4 rings (SSSR count). The average molecular weight is 436 g/mol. The van der Waals surface area contributed by atoms with Crippen molar-refractivity contribution >= 4 is 39.0 Å². The monoisotopic (exact) mass is 435 g/mol. The molecule has 0 radical (unpaired) electrons. The Bertz CT molecular complexity index is 1060. The minimum absolute atomic E-state index is 0. The maximum absolute atomic E-state index is 13.2. The molecule has 1 saturated heterocycles. The zero-order valence-corrected chi connectivity index (χ0v) is 18.0. The summed E-state index contributed by atoms with van der Waals surface area (Å²) in [6.07, 6.45) is 2.55. The van der Waals surface area contributed by atoms with Crippen LogP contribution in [-0.4, -0.2) is 45.2 Å². The number of anilines is 1. The summed E-state index contributed by atoms with van der Waals surface area (Å²) >= 11 is 0. The van der Waals surface area contributed by atoms with Crippen LogP contribution < -0.4 is 15.0 Å². The predicted molar refractivity (Wildman–Crippen MR) is 119 cm³/mol. The van der Waals surface area contributed by atoms with Crippen LogP contribution in [0.5, 0.6) is 5.75 Å². The van der Waals surface area contributed by atoms with E-state index in [1.54, 1.807) is 30.5 Å². The standard InChI is InChI=1S/C21H25N3O3S.ClH/c1-2-16-27-17-6-8-18(9-7-17)28(25,26)24-13-10-19-20(4-3-5-21(19)24)23-14-11-22-12-15-23;/h3-10,13,22H,2,11-12,14-16H2,1H3;1H. The second-order valence-electron chi connectivity index (χ2n) is 6.88. The van der Waals surface area contributed by atoms with Gasteiger partial charge < -0.3 is 15.0 Å². The van der Waals surface area contributed by atoms with E-state index in [2.05, 4.69) is 16.3 Å². The second kappa shape index (κ2) is 9.07. The lowest BCUT2D eigenvalue weighted by Gasteiger charge is -2.30. The quantitative estimate of drug-likeness (QED) is 0.642. The molecule has 0 saturated carbocycles. The Morgan fingerprint density at radius 3 is 2.45 bits per heavy atom. The van der Waals surface area contributed by atoms with E-state index in [1.807, 2.05) is 25.1 Å². The van der Waals surface area contributed by atoms with Crippen LogP contribution >= 0.6 is 12.4 Å². The SMILES string of the molecule is CCCOc1ccc(S(=O)(=O)n2ccc3c(N4CCNCC4)cccc32)cc1.Cl. The number of nitrogens with zero attached hydrogens (tertiary/aromatic N) is 2. The van der Waals surface area contributed by atoms with Crippen LogP contribution in [0.3, 0.4) is 0 Å². The van der Waals surface area contributed by atoms with Gasteiger partial charge in [0.25, 0.3) is 10.0 Å². The molecule has 1 N–H and O–H groups in total. The summed E-state index contributed by atoms with van der Waals surface area (Å²) < 4.78 is 33.4. The molecular formula is C21H26ClN3O3S. The second-order valence-corrected chi connectivity index (χ2v) is 8.70. The summed E-state index contributed by atoms with van der Waals surface area (Å²) in [5, 5.41) is 4.30.